The second-order valence-electron chi connectivity index (χ2n) is 5.85. The fraction of sp³-hybridized carbons (Fsp3) is 0.625. The van der Waals surface area contributed by atoms with Gasteiger partial charge in [-0.2, -0.15) is 0 Å². The van der Waals surface area contributed by atoms with Crippen LogP contribution in [0.15, 0.2) is 23.3 Å². The van der Waals surface area contributed by atoms with Crippen molar-refractivity contribution in [2.24, 2.45) is 4.99 Å². The van der Waals surface area contributed by atoms with Crippen molar-refractivity contribution in [3.63, 3.8) is 0 Å². The summed E-state index contributed by atoms with van der Waals surface area (Å²) < 4.78 is 0. The van der Waals surface area contributed by atoms with E-state index < -0.39 is 0 Å². The van der Waals surface area contributed by atoms with Gasteiger partial charge < -0.3 is 10.2 Å². The van der Waals surface area contributed by atoms with Crippen LogP contribution in [0.3, 0.4) is 0 Å². The SMILES string of the molecule is CCNC(=NCc1ncc(C)s1)N1CCC(N2CC=CC2)C1. The first-order valence-electron chi connectivity index (χ1n) is 8.10. The molecule has 0 aliphatic carbocycles. The van der Waals surface area contributed by atoms with Crippen LogP contribution < -0.4 is 5.32 Å². The topological polar surface area (TPSA) is 43.8 Å². The van der Waals surface area contributed by atoms with Crippen LogP contribution in [0.4, 0.5) is 0 Å². The number of thiazole rings is 1. The highest BCUT2D eigenvalue weighted by Crippen LogP contribution is 2.18. The lowest BCUT2D eigenvalue weighted by Gasteiger charge is -2.25. The molecule has 0 amide bonds. The van der Waals surface area contributed by atoms with E-state index in [2.05, 4.69) is 46.1 Å². The Morgan fingerprint density at radius 3 is 2.95 bits per heavy atom. The van der Waals surface area contributed by atoms with E-state index in [-0.39, 0.29) is 0 Å². The molecule has 0 spiro atoms. The molecule has 2 aliphatic heterocycles. The van der Waals surface area contributed by atoms with Gasteiger partial charge >= 0.3 is 0 Å². The highest BCUT2D eigenvalue weighted by atomic mass is 32.1. The van der Waals surface area contributed by atoms with Crippen molar-refractivity contribution in [3.05, 3.63) is 28.2 Å². The zero-order chi connectivity index (χ0) is 15.4. The average Bonchev–Trinajstić information content (AvgIpc) is 3.24. The molecule has 1 aromatic heterocycles. The molecule has 1 aromatic rings. The van der Waals surface area contributed by atoms with Gasteiger partial charge in [-0.3, -0.25) is 4.90 Å². The number of aryl methyl sites for hydroxylation is 1. The van der Waals surface area contributed by atoms with Crippen molar-refractivity contribution in [3.8, 4) is 0 Å². The second kappa shape index (κ2) is 7.24. The molecule has 2 aliphatic rings. The minimum Gasteiger partial charge on any atom is -0.357 e. The Bertz CT molecular complexity index is 542. The number of nitrogens with zero attached hydrogens (tertiary/aromatic N) is 4. The Morgan fingerprint density at radius 2 is 2.27 bits per heavy atom. The molecule has 22 heavy (non-hydrogen) atoms. The molecule has 3 heterocycles. The van der Waals surface area contributed by atoms with Crippen LogP contribution in [-0.4, -0.2) is 59.5 Å². The summed E-state index contributed by atoms with van der Waals surface area (Å²) in [4.78, 5) is 15.4. The zero-order valence-electron chi connectivity index (χ0n) is 13.5. The molecule has 6 heteroatoms. The number of likely N-dealkylation sites (tertiary alicyclic amines) is 1. The van der Waals surface area contributed by atoms with Gasteiger partial charge in [0.05, 0.1) is 6.54 Å². The molecular formula is C16H25N5S. The van der Waals surface area contributed by atoms with Crippen LogP contribution in [-0.2, 0) is 6.54 Å². The normalized spacial score (nSPS) is 22.7. The third-order valence-electron chi connectivity index (χ3n) is 4.19. The van der Waals surface area contributed by atoms with Gasteiger partial charge in [0, 0.05) is 49.8 Å². The van der Waals surface area contributed by atoms with Gasteiger partial charge in [0.2, 0.25) is 0 Å². The maximum atomic E-state index is 4.79. The molecule has 1 saturated heterocycles. The van der Waals surface area contributed by atoms with E-state index >= 15 is 0 Å². The van der Waals surface area contributed by atoms with E-state index in [0.717, 1.165) is 43.7 Å². The first-order chi connectivity index (χ1) is 10.8. The van der Waals surface area contributed by atoms with Crippen LogP contribution >= 0.6 is 11.3 Å². The van der Waals surface area contributed by atoms with Gasteiger partial charge in [-0.15, -0.1) is 11.3 Å². The molecule has 1 unspecified atom stereocenters. The number of rotatable bonds is 4. The largest absolute Gasteiger partial charge is 0.357 e. The first-order valence-corrected chi connectivity index (χ1v) is 8.91. The van der Waals surface area contributed by atoms with Crippen LogP contribution in [0, 0.1) is 6.92 Å². The number of hydrogen-bond acceptors (Lipinski definition) is 4. The Labute approximate surface area is 136 Å². The second-order valence-corrected chi connectivity index (χ2v) is 7.17. The molecule has 0 bridgehead atoms. The maximum Gasteiger partial charge on any atom is 0.194 e. The van der Waals surface area contributed by atoms with Gasteiger partial charge in [0.1, 0.15) is 5.01 Å². The van der Waals surface area contributed by atoms with Crippen LogP contribution in [0.25, 0.3) is 0 Å². The Balaban J connectivity index is 1.61. The molecular weight excluding hydrogens is 294 g/mol. The minimum absolute atomic E-state index is 0.654. The van der Waals surface area contributed by atoms with Crippen LogP contribution in [0.5, 0.6) is 0 Å². The fourth-order valence-electron chi connectivity index (χ4n) is 3.07. The molecule has 1 N–H and O–H groups in total. The summed E-state index contributed by atoms with van der Waals surface area (Å²) in [7, 11) is 0. The minimum atomic E-state index is 0.654. The van der Waals surface area contributed by atoms with Gasteiger partial charge in [-0.25, -0.2) is 9.98 Å². The van der Waals surface area contributed by atoms with E-state index in [9.17, 15) is 0 Å². The predicted molar refractivity (Wildman–Crippen MR) is 92.4 cm³/mol. The van der Waals surface area contributed by atoms with E-state index in [1.807, 2.05) is 6.20 Å². The lowest BCUT2D eigenvalue weighted by molar-refractivity contribution is 0.259. The van der Waals surface area contributed by atoms with E-state index in [1.54, 1.807) is 11.3 Å². The molecule has 0 aromatic carbocycles. The highest BCUT2D eigenvalue weighted by Gasteiger charge is 2.29. The van der Waals surface area contributed by atoms with Crippen molar-refractivity contribution >= 4 is 17.3 Å². The summed E-state index contributed by atoms with van der Waals surface area (Å²) in [5.74, 6) is 1.03. The summed E-state index contributed by atoms with van der Waals surface area (Å²) in [6, 6.07) is 0.654. The van der Waals surface area contributed by atoms with Crippen molar-refractivity contribution in [2.45, 2.75) is 32.9 Å². The van der Waals surface area contributed by atoms with Crippen LogP contribution in [0.2, 0.25) is 0 Å². The summed E-state index contributed by atoms with van der Waals surface area (Å²) in [5.41, 5.74) is 0. The predicted octanol–water partition coefficient (Wildman–Crippen LogP) is 1.86. The summed E-state index contributed by atoms with van der Waals surface area (Å²) in [5, 5.41) is 4.52. The fourth-order valence-corrected chi connectivity index (χ4v) is 3.78. The van der Waals surface area contributed by atoms with E-state index in [1.165, 1.54) is 11.3 Å². The van der Waals surface area contributed by atoms with E-state index in [0.29, 0.717) is 12.6 Å². The first kappa shape index (κ1) is 15.5. The van der Waals surface area contributed by atoms with Crippen molar-refractivity contribution in [1.82, 2.24) is 20.1 Å². The van der Waals surface area contributed by atoms with Gasteiger partial charge in [-0.1, -0.05) is 12.2 Å². The molecule has 3 rings (SSSR count). The average molecular weight is 319 g/mol. The molecule has 5 nitrogen and oxygen atoms in total. The molecule has 0 saturated carbocycles. The Kier molecular flexibility index (Phi) is 5.10. The number of nitrogens with one attached hydrogen (secondary N) is 1. The summed E-state index contributed by atoms with van der Waals surface area (Å²) >= 11 is 1.73. The smallest absolute Gasteiger partial charge is 0.194 e. The number of aliphatic imine (C=N–C) groups is 1. The Morgan fingerprint density at radius 1 is 1.45 bits per heavy atom. The lowest BCUT2D eigenvalue weighted by atomic mass is 10.2. The van der Waals surface area contributed by atoms with Crippen LogP contribution in [0.1, 0.15) is 23.2 Å². The standard InChI is InChI=1S/C16H25N5S/c1-3-17-16(19-11-15-18-10-13(2)22-15)21-9-6-14(12-21)20-7-4-5-8-20/h4-5,10,14H,3,6-9,11-12H2,1-2H3,(H,17,19). The van der Waals surface area contributed by atoms with Gasteiger partial charge in [-0.05, 0) is 20.3 Å². The maximum absolute atomic E-state index is 4.79. The number of aromatic nitrogens is 1. The highest BCUT2D eigenvalue weighted by molar-refractivity contribution is 7.11. The third kappa shape index (κ3) is 3.67. The number of guanidine groups is 1. The molecule has 0 radical (unpaired) electrons. The third-order valence-corrected chi connectivity index (χ3v) is 5.09. The van der Waals surface area contributed by atoms with Crippen molar-refractivity contribution < 1.29 is 0 Å². The van der Waals surface area contributed by atoms with Gasteiger partial charge in [0.25, 0.3) is 0 Å². The molecule has 120 valence electrons. The zero-order valence-corrected chi connectivity index (χ0v) is 14.3. The summed E-state index contributed by atoms with van der Waals surface area (Å²) in [6.45, 7) is 10.2. The number of hydrogen-bond donors (Lipinski definition) is 1. The lowest BCUT2D eigenvalue weighted by Crippen LogP contribution is -2.42. The Hall–Kier alpha value is -1.40. The quantitative estimate of drug-likeness (QED) is 0.523. The summed E-state index contributed by atoms with van der Waals surface area (Å²) in [6.07, 6.45) is 7.69. The van der Waals surface area contributed by atoms with Crippen molar-refractivity contribution in [1.29, 1.82) is 0 Å². The monoisotopic (exact) mass is 319 g/mol. The van der Waals surface area contributed by atoms with Gasteiger partial charge in [0.15, 0.2) is 5.96 Å². The molecule has 1 fully saturated rings. The van der Waals surface area contributed by atoms with Crippen molar-refractivity contribution in [2.75, 3.05) is 32.7 Å². The molecule has 1 atom stereocenters. The van der Waals surface area contributed by atoms with E-state index in [4.69, 9.17) is 4.99 Å².